The summed E-state index contributed by atoms with van der Waals surface area (Å²) in [7, 11) is 1.72. The van der Waals surface area contributed by atoms with Gasteiger partial charge < -0.3 is 10.1 Å². The van der Waals surface area contributed by atoms with E-state index in [2.05, 4.69) is 58.8 Å². The number of benzene rings is 2. The third kappa shape index (κ3) is 3.86. The lowest BCUT2D eigenvalue weighted by Crippen LogP contribution is -2.26. The third-order valence-corrected chi connectivity index (χ3v) is 8.02. The summed E-state index contributed by atoms with van der Waals surface area (Å²) in [4.78, 5) is 10.6. The highest BCUT2D eigenvalue weighted by molar-refractivity contribution is 8.01. The second-order valence-electron chi connectivity index (χ2n) is 7.73. The molecule has 1 aliphatic carbocycles. The van der Waals surface area contributed by atoms with Crippen LogP contribution in [0.1, 0.15) is 35.8 Å². The SMILES string of the molecule is COc1cc(NC2N=C3C(CCCC3c3ccccc3)S2)ccc1-c1cnc(C)s1. The van der Waals surface area contributed by atoms with Gasteiger partial charge in [0.1, 0.15) is 5.75 Å². The first-order valence-electron chi connectivity index (χ1n) is 10.4. The van der Waals surface area contributed by atoms with Gasteiger partial charge in [-0.3, -0.25) is 4.99 Å². The van der Waals surface area contributed by atoms with Gasteiger partial charge in [-0.15, -0.1) is 23.1 Å². The summed E-state index contributed by atoms with van der Waals surface area (Å²) >= 11 is 3.62. The number of anilines is 1. The van der Waals surface area contributed by atoms with E-state index in [-0.39, 0.29) is 5.50 Å². The Balaban J connectivity index is 1.37. The topological polar surface area (TPSA) is 46.5 Å². The van der Waals surface area contributed by atoms with Crippen LogP contribution in [0.25, 0.3) is 10.4 Å². The number of thiazole rings is 1. The minimum absolute atomic E-state index is 0.0514. The molecular formula is C24H25N3OS2. The van der Waals surface area contributed by atoms with Crippen LogP contribution in [0.15, 0.2) is 59.7 Å². The first kappa shape index (κ1) is 19.6. The molecule has 0 amide bonds. The Kier molecular flexibility index (Phi) is 5.52. The highest BCUT2D eigenvalue weighted by Crippen LogP contribution is 2.43. The largest absolute Gasteiger partial charge is 0.496 e. The number of nitrogens with one attached hydrogen (secondary N) is 1. The number of aryl methyl sites for hydroxylation is 1. The Morgan fingerprint density at radius 1 is 1.10 bits per heavy atom. The molecule has 1 saturated carbocycles. The molecule has 0 bridgehead atoms. The van der Waals surface area contributed by atoms with E-state index in [4.69, 9.17) is 9.73 Å². The van der Waals surface area contributed by atoms with Crippen molar-refractivity contribution in [3.8, 4) is 16.2 Å². The van der Waals surface area contributed by atoms with Gasteiger partial charge in [0.2, 0.25) is 0 Å². The smallest absolute Gasteiger partial charge is 0.167 e. The van der Waals surface area contributed by atoms with Crippen LogP contribution in [0.3, 0.4) is 0 Å². The fraction of sp³-hybridized carbons (Fsp3) is 0.333. The number of ether oxygens (including phenoxy) is 1. The molecule has 0 radical (unpaired) electrons. The van der Waals surface area contributed by atoms with Gasteiger partial charge in [0.15, 0.2) is 5.50 Å². The maximum atomic E-state index is 5.68. The molecule has 1 N–H and O–H groups in total. The van der Waals surface area contributed by atoms with E-state index in [1.54, 1.807) is 18.4 Å². The number of thioether (sulfide) groups is 1. The van der Waals surface area contributed by atoms with Gasteiger partial charge in [0.25, 0.3) is 0 Å². The fourth-order valence-corrected chi connectivity index (χ4v) is 6.53. The lowest BCUT2D eigenvalue weighted by atomic mass is 9.82. The van der Waals surface area contributed by atoms with Gasteiger partial charge in [0.05, 0.1) is 17.0 Å². The van der Waals surface area contributed by atoms with E-state index in [0.717, 1.165) is 26.9 Å². The molecule has 4 nitrogen and oxygen atoms in total. The molecule has 0 spiro atoms. The monoisotopic (exact) mass is 435 g/mol. The molecule has 2 aliphatic rings. The number of hydrogen-bond acceptors (Lipinski definition) is 6. The molecule has 2 heterocycles. The average molecular weight is 436 g/mol. The number of nitrogens with zero attached hydrogens (tertiary/aromatic N) is 2. The fourth-order valence-electron chi connectivity index (χ4n) is 4.36. The van der Waals surface area contributed by atoms with E-state index in [0.29, 0.717) is 11.2 Å². The van der Waals surface area contributed by atoms with E-state index in [9.17, 15) is 0 Å². The standard InChI is InChI=1S/C24H25N3OS2/c1-15-25-14-22(29-15)19-12-11-17(13-20(19)28-2)26-24-27-23-18(9-6-10-21(23)30-24)16-7-4-3-5-8-16/h3-5,7-8,11-14,18,21,24,26H,6,9-10H2,1-2H3. The summed E-state index contributed by atoms with van der Waals surface area (Å²) in [6.07, 6.45) is 5.60. The Hall–Kier alpha value is -2.31. The molecule has 2 aromatic carbocycles. The number of fused-ring (bicyclic) bond motifs is 1. The van der Waals surface area contributed by atoms with Crippen molar-refractivity contribution in [1.82, 2.24) is 4.98 Å². The number of aliphatic imine (C=N–C) groups is 1. The van der Waals surface area contributed by atoms with Gasteiger partial charge in [-0.2, -0.15) is 0 Å². The second kappa shape index (κ2) is 8.44. The second-order valence-corrected chi connectivity index (χ2v) is 10.3. The highest BCUT2D eigenvalue weighted by atomic mass is 32.2. The van der Waals surface area contributed by atoms with Crippen molar-refractivity contribution in [2.45, 2.75) is 42.9 Å². The number of methoxy groups -OCH3 is 1. The molecule has 1 aliphatic heterocycles. The number of rotatable bonds is 5. The molecular weight excluding hydrogens is 410 g/mol. The molecule has 3 unspecified atom stereocenters. The minimum Gasteiger partial charge on any atom is -0.496 e. The first-order chi connectivity index (χ1) is 14.7. The normalized spacial score (nSPS) is 23.0. The molecule has 3 aromatic rings. The van der Waals surface area contributed by atoms with Crippen LogP contribution in [0.2, 0.25) is 0 Å². The average Bonchev–Trinajstić information content (AvgIpc) is 3.39. The van der Waals surface area contributed by atoms with Crippen LogP contribution in [0, 0.1) is 6.92 Å². The zero-order valence-electron chi connectivity index (χ0n) is 17.2. The summed E-state index contributed by atoms with van der Waals surface area (Å²) in [5, 5.41) is 5.19. The van der Waals surface area contributed by atoms with Gasteiger partial charge in [0, 0.05) is 40.4 Å². The number of hydrogen-bond donors (Lipinski definition) is 1. The predicted octanol–water partition coefficient (Wildman–Crippen LogP) is 6.35. The highest BCUT2D eigenvalue weighted by Gasteiger charge is 2.37. The molecule has 3 atom stereocenters. The van der Waals surface area contributed by atoms with Gasteiger partial charge in [-0.1, -0.05) is 36.8 Å². The van der Waals surface area contributed by atoms with Crippen LogP contribution in [-0.4, -0.2) is 28.6 Å². The van der Waals surface area contributed by atoms with Crippen molar-refractivity contribution in [2.24, 2.45) is 4.99 Å². The zero-order valence-corrected chi connectivity index (χ0v) is 18.8. The van der Waals surface area contributed by atoms with E-state index in [1.165, 1.54) is 30.5 Å². The van der Waals surface area contributed by atoms with Crippen molar-refractivity contribution in [2.75, 3.05) is 12.4 Å². The van der Waals surface area contributed by atoms with Crippen molar-refractivity contribution in [3.63, 3.8) is 0 Å². The Bertz CT molecular complexity index is 1060. The first-order valence-corrected chi connectivity index (χ1v) is 12.1. The van der Waals surface area contributed by atoms with E-state index < -0.39 is 0 Å². The minimum atomic E-state index is 0.0514. The van der Waals surface area contributed by atoms with Crippen molar-refractivity contribution in [1.29, 1.82) is 0 Å². The lowest BCUT2D eigenvalue weighted by Gasteiger charge is -2.27. The zero-order chi connectivity index (χ0) is 20.5. The Morgan fingerprint density at radius 3 is 2.73 bits per heavy atom. The van der Waals surface area contributed by atoms with Crippen molar-refractivity contribution < 1.29 is 4.74 Å². The van der Waals surface area contributed by atoms with Gasteiger partial charge in [-0.05, 0) is 37.5 Å². The van der Waals surface area contributed by atoms with Crippen LogP contribution in [-0.2, 0) is 0 Å². The van der Waals surface area contributed by atoms with E-state index >= 15 is 0 Å². The van der Waals surface area contributed by atoms with Crippen LogP contribution < -0.4 is 10.1 Å². The Morgan fingerprint density at radius 2 is 1.97 bits per heavy atom. The van der Waals surface area contributed by atoms with Crippen molar-refractivity contribution in [3.05, 3.63) is 65.3 Å². The van der Waals surface area contributed by atoms with Crippen LogP contribution >= 0.6 is 23.1 Å². The molecule has 6 heteroatoms. The van der Waals surface area contributed by atoms with Gasteiger partial charge >= 0.3 is 0 Å². The lowest BCUT2D eigenvalue weighted by molar-refractivity contribution is 0.416. The Labute approximate surface area is 185 Å². The maximum Gasteiger partial charge on any atom is 0.167 e. The predicted molar refractivity (Wildman–Crippen MR) is 128 cm³/mol. The molecule has 0 saturated heterocycles. The van der Waals surface area contributed by atoms with Gasteiger partial charge in [-0.25, -0.2) is 4.98 Å². The molecule has 5 rings (SSSR count). The third-order valence-electron chi connectivity index (χ3n) is 5.79. The quantitative estimate of drug-likeness (QED) is 0.507. The molecule has 1 aromatic heterocycles. The van der Waals surface area contributed by atoms with E-state index in [1.807, 2.05) is 24.9 Å². The summed E-state index contributed by atoms with van der Waals surface area (Å²) in [6.45, 7) is 2.02. The maximum absolute atomic E-state index is 5.68. The summed E-state index contributed by atoms with van der Waals surface area (Å²) in [5.74, 6) is 1.31. The van der Waals surface area contributed by atoms with Crippen molar-refractivity contribution >= 4 is 34.5 Å². The van der Waals surface area contributed by atoms with Crippen LogP contribution in [0.5, 0.6) is 5.75 Å². The molecule has 154 valence electrons. The van der Waals surface area contributed by atoms with Crippen LogP contribution in [0.4, 0.5) is 5.69 Å². The molecule has 30 heavy (non-hydrogen) atoms. The summed E-state index contributed by atoms with van der Waals surface area (Å²) in [6, 6.07) is 17.1. The number of aromatic nitrogens is 1. The summed E-state index contributed by atoms with van der Waals surface area (Å²) in [5.41, 5.74) is 4.92. The molecule has 1 fully saturated rings. The summed E-state index contributed by atoms with van der Waals surface area (Å²) < 4.78 is 5.68.